The van der Waals surface area contributed by atoms with Gasteiger partial charge in [0.25, 0.3) is 5.91 Å². The molecule has 0 aliphatic carbocycles. The molecule has 5 heteroatoms. The second kappa shape index (κ2) is 9.55. The molecule has 0 fully saturated rings. The van der Waals surface area contributed by atoms with Crippen molar-refractivity contribution in [2.75, 3.05) is 16.8 Å². The van der Waals surface area contributed by atoms with Gasteiger partial charge in [0.15, 0.2) is 0 Å². The maximum absolute atomic E-state index is 13.4. The molecule has 1 aliphatic heterocycles. The average Bonchev–Trinajstić information content (AvgIpc) is 3.30. The second-order valence-corrected chi connectivity index (χ2v) is 8.89. The summed E-state index contributed by atoms with van der Waals surface area (Å²) >= 11 is 0. The summed E-state index contributed by atoms with van der Waals surface area (Å²) in [5.74, 6) is -0.116. The van der Waals surface area contributed by atoms with Crippen molar-refractivity contribution >= 4 is 23.2 Å². The minimum absolute atomic E-state index is 0.0295. The number of aryl methyl sites for hydroxylation is 1. The molecular formula is C30H27N3O2. The van der Waals surface area contributed by atoms with Gasteiger partial charge in [-0.1, -0.05) is 42.5 Å². The molecule has 0 saturated carbocycles. The zero-order chi connectivity index (χ0) is 24.4. The predicted octanol–water partition coefficient (Wildman–Crippen LogP) is 5.75. The van der Waals surface area contributed by atoms with Crippen molar-refractivity contribution in [1.29, 1.82) is 0 Å². The van der Waals surface area contributed by atoms with Gasteiger partial charge in [0.2, 0.25) is 5.91 Å². The third-order valence-electron chi connectivity index (χ3n) is 6.64. The molecular weight excluding hydrogens is 434 g/mol. The fourth-order valence-electron chi connectivity index (χ4n) is 4.67. The lowest BCUT2D eigenvalue weighted by Gasteiger charge is -2.18. The Morgan fingerprint density at radius 3 is 2.51 bits per heavy atom. The number of nitrogens with zero attached hydrogens (tertiary/aromatic N) is 2. The molecule has 0 bridgehead atoms. The molecule has 35 heavy (non-hydrogen) atoms. The van der Waals surface area contributed by atoms with E-state index in [1.165, 1.54) is 0 Å². The van der Waals surface area contributed by atoms with Crippen LogP contribution in [0.4, 0.5) is 11.4 Å². The standard InChI is InChI=1S/C30H27N3O2/c1-20-11-13-26(29(21(20)2)22-8-4-3-5-9-22)30(35)32-25-12-14-27-23(18-25)15-17-33(27)28(34)19-24-10-6-7-16-31-24/h3-14,16,18H,15,17,19H2,1-2H3,(H,32,35). The van der Waals surface area contributed by atoms with E-state index < -0.39 is 0 Å². The van der Waals surface area contributed by atoms with E-state index >= 15 is 0 Å². The van der Waals surface area contributed by atoms with Crippen LogP contribution < -0.4 is 10.2 Å². The van der Waals surface area contributed by atoms with Crippen LogP contribution in [0, 0.1) is 13.8 Å². The van der Waals surface area contributed by atoms with Crippen LogP contribution in [0.15, 0.2) is 85.1 Å². The normalized spacial score (nSPS) is 12.3. The van der Waals surface area contributed by atoms with Gasteiger partial charge in [-0.25, -0.2) is 0 Å². The number of benzene rings is 3. The lowest BCUT2D eigenvalue weighted by molar-refractivity contribution is -0.117. The van der Waals surface area contributed by atoms with Crippen molar-refractivity contribution in [3.63, 3.8) is 0 Å². The molecule has 1 N–H and O–H groups in total. The van der Waals surface area contributed by atoms with Gasteiger partial charge in [-0.15, -0.1) is 0 Å². The first-order chi connectivity index (χ1) is 17.0. The fourth-order valence-corrected chi connectivity index (χ4v) is 4.67. The van der Waals surface area contributed by atoms with Gasteiger partial charge >= 0.3 is 0 Å². The monoisotopic (exact) mass is 461 g/mol. The second-order valence-electron chi connectivity index (χ2n) is 8.89. The van der Waals surface area contributed by atoms with Crippen LogP contribution in [0.5, 0.6) is 0 Å². The number of hydrogen-bond acceptors (Lipinski definition) is 3. The molecule has 0 spiro atoms. The zero-order valence-corrected chi connectivity index (χ0v) is 19.9. The molecule has 0 radical (unpaired) electrons. The molecule has 2 amide bonds. The summed E-state index contributed by atoms with van der Waals surface area (Å²) in [5, 5.41) is 3.08. The highest BCUT2D eigenvalue weighted by Crippen LogP contribution is 2.33. The van der Waals surface area contributed by atoms with Crippen molar-refractivity contribution in [1.82, 2.24) is 4.98 Å². The molecule has 3 aromatic carbocycles. The number of rotatable bonds is 5. The summed E-state index contributed by atoms with van der Waals surface area (Å²) in [5.41, 5.74) is 8.31. The Morgan fingerprint density at radius 1 is 0.943 bits per heavy atom. The van der Waals surface area contributed by atoms with Gasteiger partial charge in [0.1, 0.15) is 0 Å². The molecule has 1 aliphatic rings. The maximum atomic E-state index is 13.4. The number of hydrogen-bond donors (Lipinski definition) is 1. The summed E-state index contributed by atoms with van der Waals surface area (Å²) in [7, 11) is 0. The van der Waals surface area contributed by atoms with Gasteiger partial charge in [-0.05, 0) is 84.5 Å². The van der Waals surface area contributed by atoms with E-state index in [9.17, 15) is 9.59 Å². The molecule has 5 nitrogen and oxygen atoms in total. The van der Waals surface area contributed by atoms with Crippen LogP contribution in [-0.4, -0.2) is 23.3 Å². The molecule has 0 unspecified atom stereocenters. The number of anilines is 2. The first-order valence-corrected chi connectivity index (χ1v) is 11.8. The Kier molecular flexibility index (Phi) is 6.15. The van der Waals surface area contributed by atoms with Crippen LogP contribution in [0.3, 0.4) is 0 Å². The minimum atomic E-state index is -0.145. The lowest BCUT2D eigenvalue weighted by atomic mass is 9.91. The van der Waals surface area contributed by atoms with Crippen molar-refractivity contribution < 1.29 is 9.59 Å². The maximum Gasteiger partial charge on any atom is 0.256 e. The van der Waals surface area contributed by atoms with E-state index in [1.54, 1.807) is 6.20 Å². The smallest absolute Gasteiger partial charge is 0.256 e. The van der Waals surface area contributed by atoms with E-state index in [2.05, 4.69) is 24.1 Å². The van der Waals surface area contributed by atoms with Crippen LogP contribution in [0.1, 0.15) is 32.7 Å². The highest BCUT2D eigenvalue weighted by molar-refractivity contribution is 6.09. The van der Waals surface area contributed by atoms with E-state index in [1.807, 2.05) is 83.8 Å². The van der Waals surface area contributed by atoms with Crippen molar-refractivity contribution in [3.05, 3.63) is 113 Å². The molecule has 174 valence electrons. The highest BCUT2D eigenvalue weighted by atomic mass is 16.2. The van der Waals surface area contributed by atoms with Crippen molar-refractivity contribution in [2.45, 2.75) is 26.7 Å². The number of fused-ring (bicyclic) bond motifs is 1. The van der Waals surface area contributed by atoms with Gasteiger partial charge in [-0.3, -0.25) is 14.6 Å². The van der Waals surface area contributed by atoms with Crippen LogP contribution in [-0.2, 0) is 17.6 Å². The Labute approximate surface area is 205 Å². The quantitative estimate of drug-likeness (QED) is 0.412. The Bertz CT molecular complexity index is 1400. The lowest BCUT2D eigenvalue weighted by Crippen LogP contribution is -2.30. The van der Waals surface area contributed by atoms with E-state index in [4.69, 9.17) is 0 Å². The summed E-state index contributed by atoms with van der Waals surface area (Å²) in [6.45, 7) is 4.75. The number of aromatic nitrogens is 1. The molecule has 5 rings (SSSR count). The molecule has 2 heterocycles. The molecule has 0 saturated heterocycles. The number of carbonyl (C=O) groups excluding carboxylic acids is 2. The van der Waals surface area contributed by atoms with Gasteiger partial charge in [-0.2, -0.15) is 0 Å². The summed E-state index contributed by atoms with van der Waals surface area (Å²) in [6, 6.07) is 25.3. The minimum Gasteiger partial charge on any atom is -0.322 e. The van der Waals surface area contributed by atoms with Crippen molar-refractivity contribution in [2.24, 2.45) is 0 Å². The number of pyridine rings is 1. The SMILES string of the molecule is Cc1ccc(C(=O)Nc2ccc3c(c2)CCN3C(=O)Cc2ccccn2)c(-c2ccccc2)c1C. The summed E-state index contributed by atoms with van der Waals surface area (Å²) < 4.78 is 0. The fraction of sp³-hybridized carbons (Fsp3) is 0.167. The Hall–Kier alpha value is -4.25. The zero-order valence-electron chi connectivity index (χ0n) is 19.9. The summed E-state index contributed by atoms with van der Waals surface area (Å²) in [6.07, 6.45) is 2.73. The molecule has 1 aromatic heterocycles. The predicted molar refractivity (Wildman–Crippen MR) is 140 cm³/mol. The first-order valence-electron chi connectivity index (χ1n) is 11.8. The third kappa shape index (κ3) is 4.58. The average molecular weight is 462 g/mol. The largest absolute Gasteiger partial charge is 0.322 e. The molecule has 0 atom stereocenters. The van der Waals surface area contributed by atoms with Crippen molar-refractivity contribution in [3.8, 4) is 11.1 Å². The molecule has 4 aromatic rings. The van der Waals surface area contributed by atoms with E-state index in [0.717, 1.165) is 51.3 Å². The highest BCUT2D eigenvalue weighted by Gasteiger charge is 2.25. The summed E-state index contributed by atoms with van der Waals surface area (Å²) in [4.78, 5) is 32.3. The van der Waals surface area contributed by atoms with Gasteiger partial charge < -0.3 is 10.2 Å². The third-order valence-corrected chi connectivity index (χ3v) is 6.64. The number of carbonyl (C=O) groups is 2. The van der Waals surface area contributed by atoms with Crippen LogP contribution in [0.25, 0.3) is 11.1 Å². The van der Waals surface area contributed by atoms with E-state index in [0.29, 0.717) is 12.1 Å². The van der Waals surface area contributed by atoms with Gasteiger partial charge in [0.05, 0.1) is 6.42 Å². The number of amides is 2. The topological polar surface area (TPSA) is 62.3 Å². The van der Waals surface area contributed by atoms with Gasteiger partial charge in [0, 0.05) is 35.4 Å². The Balaban J connectivity index is 1.37. The number of nitrogens with one attached hydrogen (secondary N) is 1. The van der Waals surface area contributed by atoms with Crippen LogP contribution in [0.2, 0.25) is 0 Å². The first kappa shape index (κ1) is 22.5. The van der Waals surface area contributed by atoms with Crippen LogP contribution >= 0.6 is 0 Å². The Morgan fingerprint density at radius 2 is 1.74 bits per heavy atom. The van der Waals surface area contributed by atoms with E-state index in [-0.39, 0.29) is 18.2 Å².